The first kappa shape index (κ1) is 24.7. The number of methoxy groups -OCH3 is 1. The number of carbonyl (C=O) groups is 1. The van der Waals surface area contributed by atoms with Gasteiger partial charge in [-0.15, -0.1) is 24.0 Å². The first-order valence-electron chi connectivity index (χ1n) is 9.49. The van der Waals surface area contributed by atoms with Crippen molar-refractivity contribution in [1.82, 2.24) is 10.2 Å². The predicted octanol–water partition coefficient (Wildman–Crippen LogP) is 4.26. The molecule has 29 heavy (non-hydrogen) atoms. The van der Waals surface area contributed by atoms with Crippen LogP contribution in [0.3, 0.4) is 0 Å². The first-order chi connectivity index (χ1) is 13.5. The number of amides is 1. The van der Waals surface area contributed by atoms with E-state index in [1.165, 1.54) is 5.56 Å². The molecule has 2 N–H and O–H groups in total. The van der Waals surface area contributed by atoms with Crippen molar-refractivity contribution in [2.24, 2.45) is 4.99 Å². The molecular formula is C22H31IN4O2. The molecule has 0 fully saturated rings. The van der Waals surface area contributed by atoms with Crippen LogP contribution in [0.2, 0.25) is 0 Å². The summed E-state index contributed by atoms with van der Waals surface area (Å²) < 4.78 is 5.20. The Balaban J connectivity index is 0.00000420. The van der Waals surface area contributed by atoms with Gasteiger partial charge >= 0.3 is 0 Å². The molecule has 2 rings (SSSR count). The second-order valence-corrected chi connectivity index (χ2v) is 6.60. The first-order valence-corrected chi connectivity index (χ1v) is 9.49. The maximum absolute atomic E-state index is 11.8. The van der Waals surface area contributed by atoms with Gasteiger partial charge in [0.1, 0.15) is 5.75 Å². The number of ether oxygens (including phenoxy) is 1. The van der Waals surface area contributed by atoms with E-state index in [-0.39, 0.29) is 29.9 Å². The highest BCUT2D eigenvalue weighted by Crippen LogP contribution is 2.13. The summed E-state index contributed by atoms with van der Waals surface area (Å²) in [6.07, 6.45) is 1.37. The lowest BCUT2D eigenvalue weighted by Crippen LogP contribution is -2.38. The number of carbonyl (C=O) groups excluding carboxylic acids is 1. The minimum atomic E-state index is 0. The predicted molar refractivity (Wildman–Crippen MR) is 130 cm³/mol. The van der Waals surface area contributed by atoms with Gasteiger partial charge in [-0.1, -0.05) is 31.2 Å². The molecule has 0 saturated heterocycles. The van der Waals surface area contributed by atoms with E-state index in [0.717, 1.165) is 35.9 Å². The summed E-state index contributed by atoms with van der Waals surface area (Å²) in [7, 11) is 5.44. The van der Waals surface area contributed by atoms with Crippen LogP contribution in [0.4, 0.5) is 5.69 Å². The van der Waals surface area contributed by atoms with Crippen molar-refractivity contribution in [1.29, 1.82) is 0 Å². The maximum atomic E-state index is 11.8. The fourth-order valence-electron chi connectivity index (χ4n) is 2.86. The second kappa shape index (κ2) is 13.0. The van der Waals surface area contributed by atoms with Crippen LogP contribution in [0.25, 0.3) is 0 Å². The molecule has 0 atom stereocenters. The van der Waals surface area contributed by atoms with Crippen molar-refractivity contribution in [3.05, 3.63) is 59.7 Å². The lowest BCUT2D eigenvalue weighted by Gasteiger charge is -2.22. The Labute approximate surface area is 190 Å². The van der Waals surface area contributed by atoms with Crippen LogP contribution in [-0.4, -0.2) is 38.0 Å². The van der Waals surface area contributed by atoms with Crippen LogP contribution in [0.1, 0.15) is 30.9 Å². The Bertz CT molecular complexity index is 794. The molecule has 0 aliphatic rings. The molecule has 0 aliphatic carbocycles. The number of rotatable bonds is 8. The lowest BCUT2D eigenvalue weighted by molar-refractivity contribution is -0.116. The van der Waals surface area contributed by atoms with Gasteiger partial charge in [0.2, 0.25) is 5.91 Å². The van der Waals surface area contributed by atoms with E-state index >= 15 is 0 Å². The smallest absolute Gasteiger partial charge is 0.224 e. The standard InChI is InChI=1S/C22H30N4O2.HI/c1-5-7-21(27)25-19-9-6-8-18(14-19)15-24-22(23-2)26(3)16-17-10-12-20(28-4)13-11-17;/h6,8-14H,5,7,15-16H2,1-4H3,(H,23,24)(H,25,27);1H. The molecule has 6 nitrogen and oxygen atoms in total. The van der Waals surface area contributed by atoms with Crippen molar-refractivity contribution in [2.75, 3.05) is 26.5 Å². The Morgan fingerprint density at radius 1 is 1.14 bits per heavy atom. The number of hydrogen-bond acceptors (Lipinski definition) is 3. The summed E-state index contributed by atoms with van der Waals surface area (Å²) in [4.78, 5) is 18.2. The van der Waals surface area contributed by atoms with Gasteiger partial charge in [0.25, 0.3) is 0 Å². The van der Waals surface area contributed by atoms with Crippen LogP contribution in [0.15, 0.2) is 53.5 Å². The third-order valence-electron chi connectivity index (χ3n) is 4.29. The molecule has 0 spiro atoms. The number of anilines is 1. The Kier molecular flexibility index (Phi) is 11.1. The quantitative estimate of drug-likeness (QED) is 0.317. The molecule has 158 valence electrons. The molecule has 1 amide bonds. The normalized spacial score (nSPS) is 10.7. The van der Waals surface area contributed by atoms with Crippen molar-refractivity contribution in [3.63, 3.8) is 0 Å². The number of nitrogens with one attached hydrogen (secondary N) is 2. The maximum Gasteiger partial charge on any atom is 0.224 e. The summed E-state index contributed by atoms with van der Waals surface area (Å²) in [6.45, 7) is 3.35. The monoisotopic (exact) mass is 510 g/mol. The minimum absolute atomic E-state index is 0. The van der Waals surface area contributed by atoms with Crippen LogP contribution >= 0.6 is 24.0 Å². The molecular weight excluding hydrogens is 479 g/mol. The van der Waals surface area contributed by atoms with E-state index in [0.29, 0.717) is 13.0 Å². The largest absolute Gasteiger partial charge is 0.497 e. The molecule has 0 radical (unpaired) electrons. The zero-order valence-electron chi connectivity index (χ0n) is 17.6. The van der Waals surface area contributed by atoms with Gasteiger partial charge in [-0.2, -0.15) is 0 Å². The fraction of sp³-hybridized carbons (Fsp3) is 0.364. The van der Waals surface area contributed by atoms with E-state index in [9.17, 15) is 4.79 Å². The summed E-state index contributed by atoms with van der Waals surface area (Å²) >= 11 is 0. The van der Waals surface area contributed by atoms with E-state index in [2.05, 4.69) is 20.5 Å². The highest BCUT2D eigenvalue weighted by Gasteiger charge is 2.08. The number of aliphatic imine (C=N–C) groups is 1. The van der Waals surface area contributed by atoms with Crippen LogP contribution in [-0.2, 0) is 17.9 Å². The Morgan fingerprint density at radius 3 is 2.48 bits per heavy atom. The van der Waals surface area contributed by atoms with Gasteiger partial charge in [-0.25, -0.2) is 0 Å². The molecule has 0 aliphatic heterocycles. The molecule has 0 heterocycles. The summed E-state index contributed by atoms with van der Waals surface area (Å²) in [5, 5.41) is 6.30. The number of halogens is 1. The molecule has 2 aromatic carbocycles. The highest BCUT2D eigenvalue weighted by atomic mass is 127. The minimum Gasteiger partial charge on any atom is -0.497 e. The van der Waals surface area contributed by atoms with Crippen LogP contribution < -0.4 is 15.4 Å². The van der Waals surface area contributed by atoms with E-state index in [4.69, 9.17) is 4.74 Å². The van der Waals surface area contributed by atoms with Gasteiger partial charge in [0.05, 0.1) is 7.11 Å². The molecule has 0 bridgehead atoms. The third kappa shape index (κ3) is 8.31. The van der Waals surface area contributed by atoms with Gasteiger partial charge in [-0.3, -0.25) is 9.79 Å². The van der Waals surface area contributed by atoms with Crippen molar-refractivity contribution in [3.8, 4) is 5.75 Å². The van der Waals surface area contributed by atoms with Gasteiger partial charge < -0.3 is 20.3 Å². The van der Waals surface area contributed by atoms with Crippen molar-refractivity contribution < 1.29 is 9.53 Å². The Hall–Kier alpha value is -2.29. The zero-order valence-corrected chi connectivity index (χ0v) is 19.9. The number of benzene rings is 2. The fourth-order valence-corrected chi connectivity index (χ4v) is 2.86. The zero-order chi connectivity index (χ0) is 20.4. The third-order valence-corrected chi connectivity index (χ3v) is 4.29. The van der Waals surface area contributed by atoms with Gasteiger partial charge in [0, 0.05) is 39.3 Å². The Morgan fingerprint density at radius 2 is 1.86 bits per heavy atom. The highest BCUT2D eigenvalue weighted by molar-refractivity contribution is 14.0. The number of nitrogens with zero attached hydrogens (tertiary/aromatic N) is 2. The van der Waals surface area contributed by atoms with E-state index < -0.39 is 0 Å². The summed E-state index contributed by atoms with van der Waals surface area (Å²) in [5.41, 5.74) is 3.07. The van der Waals surface area contributed by atoms with Gasteiger partial charge in [-0.05, 0) is 41.8 Å². The molecule has 7 heteroatoms. The van der Waals surface area contributed by atoms with Crippen LogP contribution in [0.5, 0.6) is 5.75 Å². The van der Waals surface area contributed by atoms with Crippen molar-refractivity contribution >= 4 is 41.5 Å². The second-order valence-electron chi connectivity index (χ2n) is 6.60. The molecule has 2 aromatic rings. The van der Waals surface area contributed by atoms with Crippen LogP contribution in [0, 0.1) is 0 Å². The number of guanidine groups is 1. The summed E-state index contributed by atoms with van der Waals surface area (Å²) in [6, 6.07) is 15.9. The average molecular weight is 510 g/mol. The van der Waals surface area contributed by atoms with E-state index in [1.54, 1.807) is 14.2 Å². The topological polar surface area (TPSA) is 66.0 Å². The number of hydrogen-bond donors (Lipinski definition) is 2. The summed E-state index contributed by atoms with van der Waals surface area (Å²) in [5.74, 6) is 1.69. The molecule has 0 saturated carbocycles. The van der Waals surface area contributed by atoms with E-state index in [1.807, 2.05) is 62.5 Å². The van der Waals surface area contributed by atoms with Crippen molar-refractivity contribution in [2.45, 2.75) is 32.9 Å². The average Bonchev–Trinajstić information content (AvgIpc) is 2.69. The van der Waals surface area contributed by atoms with Gasteiger partial charge in [0.15, 0.2) is 5.96 Å². The molecule has 0 unspecified atom stereocenters. The lowest BCUT2D eigenvalue weighted by atomic mass is 10.2. The molecule has 0 aromatic heterocycles. The SMILES string of the molecule is CCCC(=O)Nc1cccc(CNC(=NC)N(C)Cc2ccc(OC)cc2)c1.I.